The summed E-state index contributed by atoms with van der Waals surface area (Å²) < 4.78 is 0.854. The maximum Gasteiger partial charge on any atom is 0.269 e. The maximum absolute atomic E-state index is 11.8. The molecule has 7 heteroatoms. The predicted molar refractivity (Wildman–Crippen MR) is 94.1 cm³/mol. The van der Waals surface area contributed by atoms with E-state index in [-0.39, 0.29) is 18.7 Å². The molecule has 0 saturated heterocycles. The van der Waals surface area contributed by atoms with E-state index in [1.165, 1.54) is 0 Å². The van der Waals surface area contributed by atoms with E-state index >= 15 is 0 Å². The zero-order chi connectivity index (χ0) is 17.4. The summed E-state index contributed by atoms with van der Waals surface area (Å²) in [7, 11) is 0. The summed E-state index contributed by atoms with van der Waals surface area (Å²) in [6.45, 7) is 0. The molecular weight excluding hydrogens is 374 g/mol. The molecule has 2 rings (SSSR count). The minimum atomic E-state index is -0.441. The molecule has 0 radical (unpaired) electrons. The second-order valence-corrected chi connectivity index (χ2v) is 5.84. The summed E-state index contributed by atoms with van der Waals surface area (Å²) in [5.41, 5.74) is 5.68. The van der Waals surface area contributed by atoms with Gasteiger partial charge in [-0.3, -0.25) is 25.2 Å². The van der Waals surface area contributed by atoms with Crippen molar-refractivity contribution in [2.24, 2.45) is 0 Å². The first kappa shape index (κ1) is 17.7. The van der Waals surface area contributed by atoms with E-state index < -0.39 is 11.8 Å². The van der Waals surface area contributed by atoms with Crippen molar-refractivity contribution in [3.8, 4) is 0 Å². The highest BCUT2D eigenvalue weighted by Crippen LogP contribution is 2.10. The number of amides is 3. The number of hydrazine groups is 1. The average Bonchev–Trinajstić information content (AvgIpc) is 2.59. The Balaban J connectivity index is 1.70. The number of halogens is 1. The number of anilines is 1. The summed E-state index contributed by atoms with van der Waals surface area (Å²) >= 11 is 3.28. The molecule has 6 nitrogen and oxygen atoms in total. The Kier molecular flexibility index (Phi) is 6.51. The van der Waals surface area contributed by atoms with Crippen molar-refractivity contribution in [1.82, 2.24) is 10.9 Å². The van der Waals surface area contributed by atoms with E-state index in [4.69, 9.17) is 0 Å². The predicted octanol–water partition coefficient (Wildman–Crippen LogP) is 2.63. The number of benzene rings is 2. The number of carbonyl (C=O) groups is 3. The molecule has 0 bridgehead atoms. The molecule has 0 aliphatic carbocycles. The van der Waals surface area contributed by atoms with Gasteiger partial charge < -0.3 is 5.32 Å². The van der Waals surface area contributed by atoms with Gasteiger partial charge in [-0.2, -0.15) is 0 Å². The number of hydrogen-bond acceptors (Lipinski definition) is 3. The van der Waals surface area contributed by atoms with Crippen LogP contribution in [-0.4, -0.2) is 17.7 Å². The molecule has 2 aromatic rings. The molecule has 0 atom stereocenters. The fourth-order valence-electron chi connectivity index (χ4n) is 1.83. The smallest absolute Gasteiger partial charge is 0.269 e. The lowest BCUT2D eigenvalue weighted by Crippen LogP contribution is -2.41. The minimum absolute atomic E-state index is 0.0227. The normalized spacial score (nSPS) is 9.88. The van der Waals surface area contributed by atoms with Gasteiger partial charge in [0.05, 0.1) is 0 Å². The van der Waals surface area contributed by atoms with Gasteiger partial charge >= 0.3 is 0 Å². The van der Waals surface area contributed by atoms with E-state index in [0.29, 0.717) is 11.3 Å². The van der Waals surface area contributed by atoms with Crippen molar-refractivity contribution in [3.63, 3.8) is 0 Å². The Labute approximate surface area is 147 Å². The highest BCUT2D eigenvalue weighted by molar-refractivity contribution is 9.10. The molecule has 0 unspecified atom stereocenters. The zero-order valence-electron chi connectivity index (χ0n) is 12.7. The Morgan fingerprint density at radius 3 is 2.08 bits per heavy atom. The SMILES string of the molecule is O=C(CCC(=O)Nc1ccccc1)NNC(=O)c1ccc(Br)cc1. The van der Waals surface area contributed by atoms with Crippen LogP contribution in [0.5, 0.6) is 0 Å². The highest BCUT2D eigenvalue weighted by Gasteiger charge is 2.09. The molecular formula is C17H16BrN3O3. The fraction of sp³-hybridized carbons (Fsp3) is 0.118. The molecule has 3 N–H and O–H groups in total. The van der Waals surface area contributed by atoms with Crippen LogP contribution in [0.2, 0.25) is 0 Å². The van der Waals surface area contributed by atoms with Crippen molar-refractivity contribution >= 4 is 39.3 Å². The highest BCUT2D eigenvalue weighted by atomic mass is 79.9. The number of carbonyl (C=O) groups excluding carboxylic acids is 3. The third kappa shape index (κ3) is 5.85. The number of rotatable bonds is 5. The lowest BCUT2D eigenvalue weighted by molar-refractivity contribution is -0.124. The van der Waals surface area contributed by atoms with Gasteiger partial charge in [0.1, 0.15) is 0 Å². The first-order valence-corrected chi connectivity index (χ1v) is 8.03. The van der Waals surface area contributed by atoms with E-state index in [1.807, 2.05) is 6.07 Å². The number of hydrogen-bond donors (Lipinski definition) is 3. The van der Waals surface area contributed by atoms with Crippen molar-refractivity contribution < 1.29 is 14.4 Å². The van der Waals surface area contributed by atoms with Gasteiger partial charge in [-0.15, -0.1) is 0 Å². The molecule has 3 amide bonds. The van der Waals surface area contributed by atoms with Gasteiger partial charge in [0.2, 0.25) is 11.8 Å². The zero-order valence-corrected chi connectivity index (χ0v) is 14.3. The molecule has 124 valence electrons. The summed E-state index contributed by atoms with van der Waals surface area (Å²) in [5.74, 6) is -1.14. The molecule has 0 saturated carbocycles. The second kappa shape index (κ2) is 8.83. The van der Waals surface area contributed by atoms with E-state index in [0.717, 1.165) is 4.47 Å². The van der Waals surface area contributed by atoms with E-state index in [2.05, 4.69) is 32.1 Å². The van der Waals surface area contributed by atoms with Crippen molar-refractivity contribution in [2.45, 2.75) is 12.8 Å². The van der Waals surface area contributed by atoms with Crippen LogP contribution < -0.4 is 16.2 Å². The van der Waals surface area contributed by atoms with Crippen molar-refractivity contribution in [2.75, 3.05) is 5.32 Å². The van der Waals surface area contributed by atoms with Crippen LogP contribution in [0.15, 0.2) is 59.1 Å². The number of para-hydroxylation sites is 1. The minimum Gasteiger partial charge on any atom is -0.326 e. The molecule has 0 aliphatic rings. The monoisotopic (exact) mass is 389 g/mol. The van der Waals surface area contributed by atoms with Crippen LogP contribution in [0, 0.1) is 0 Å². The first-order chi connectivity index (χ1) is 11.5. The molecule has 0 spiro atoms. The Morgan fingerprint density at radius 2 is 1.42 bits per heavy atom. The molecule has 0 fully saturated rings. The van der Waals surface area contributed by atoms with Gasteiger partial charge in [0.25, 0.3) is 5.91 Å². The first-order valence-electron chi connectivity index (χ1n) is 7.24. The van der Waals surface area contributed by atoms with E-state index in [1.54, 1.807) is 48.5 Å². The van der Waals surface area contributed by atoms with Crippen LogP contribution >= 0.6 is 15.9 Å². The number of nitrogens with one attached hydrogen (secondary N) is 3. The fourth-order valence-corrected chi connectivity index (χ4v) is 2.10. The summed E-state index contributed by atoms with van der Waals surface area (Å²) in [6, 6.07) is 15.7. The molecule has 2 aromatic carbocycles. The summed E-state index contributed by atoms with van der Waals surface area (Å²) in [5, 5.41) is 2.68. The molecule has 0 heterocycles. The maximum atomic E-state index is 11.8. The largest absolute Gasteiger partial charge is 0.326 e. The Morgan fingerprint density at radius 1 is 0.792 bits per heavy atom. The van der Waals surface area contributed by atoms with E-state index in [9.17, 15) is 14.4 Å². The third-order valence-corrected chi connectivity index (χ3v) is 3.59. The summed E-state index contributed by atoms with van der Waals surface area (Å²) in [6.07, 6.45) is -0.00579. The van der Waals surface area contributed by atoms with Crippen LogP contribution in [0.3, 0.4) is 0 Å². The van der Waals surface area contributed by atoms with Gasteiger partial charge in [0.15, 0.2) is 0 Å². The van der Waals surface area contributed by atoms with Gasteiger partial charge in [-0.05, 0) is 36.4 Å². The summed E-state index contributed by atoms with van der Waals surface area (Å²) in [4.78, 5) is 35.2. The average molecular weight is 390 g/mol. The van der Waals surface area contributed by atoms with Gasteiger partial charge in [-0.1, -0.05) is 34.1 Å². The molecule has 24 heavy (non-hydrogen) atoms. The lowest BCUT2D eigenvalue weighted by Gasteiger charge is -2.08. The molecule has 0 aromatic heterocycles. The quantitative estimate of drug-likeness (QED) is 0.686. The standard InChI is InChI=1S/C17H16BrN3O3/c18-13-8-6-12(7-9-13)17(24)21-20-16(23)11-10-15(22)19-14-4-2-1-3-5-14/h1-9H,10-11H2,(H,19,22)(H,20,23)(H,21,24). The van der Waals surface area contributed by atoms with Crippen LogP contribution in [0.1, 0.15) is 23.2 Å². The van der Waals surface area contributed by atoms with Crippen LogP contribution in [-0.2, 0) is 9.59 Å². The topological polar surface area (TPSA) is 87.3 Å². The van der Waals surface area contributed by atoms with Crippen molar-refractivity contribution in [1.29, 1.82) is 0 Å². The van der Waals surface area contributed by atoms with Crippen molar-refractivity contribution in [3.05, 3.63) is 64.6 Å². The Bertz CT molecular complexity index is 718. The third-order valence-electron chi connectivity index (χ3n) is 3.06. The molecule has 0 aliphatic heterocycles. The second-order valence-electron chi connectivity index (χ2n) is 4.92. The lowest BCUT2D eigenvalue weighted by atomic mass is 10.2. The van der Waals surface area contributed by atoms with Gasteiger partial charge in [-0.25, -0.2) is 0 Å². The van der Waals surface area contributed by atoms with Gasteiger partial charge in [0, 0.05) is 28.6 Å². The van der Waals surface area contributed by atoms with Crippen LogP contribution in [0.4, 0.5) is 5.69 Å². The van der Waals surface area contributed by atoms with Crippen LogP contribution in [0.25, 0.3) is 0 Å². The Hall–Kier alpha value is -2.67.